The highest BCUT2D eigenvalue weighted by Gasteiger charge is 2.26. The summed E-state index contributed by atoms with van der Waals surface area (Å²) < 4.78 is 0. The van der Waals surface area contributed by atoms with Crippen LogP contribution in [0.25, 0.3) is 0 Å². The molecule has 1 amide bonds. The number of halogens is 1. The van der Waals surface area contributed by atoms with Crippen molar-refractivity contribution in [2.75, 3.05) is 6.61 Å². The van der Waals surface area contributed by atoms with Crippen LogP contribution in [0.5, 0.6) is 0 Å². The molecule has 1 atom stereocenters. The van der Waals surface area contributed by atoms with Crippen molar-refractivity contribution in [3.63, 3.8) is 0 Å². The molecule has 1 rings (SSSR count). The highest BCUT2D eigenvalue weighted by atomic mass is 35.5. The van der Waals surface area contributed by atoms with E-state index in [-0.39, 0.29) is 24.0 Å². The van der Waals surface area contributed by atoms with E-state index in [1.165, 1.54) is 0 Å². The zero-order chi connectivity index (χ0) is 13.8. The van der Waals surface area contributed by atoms with Gasteiger partial charge in [-0.15, -0.1) is 0 Å². The lowest BCUT2D eigenvalue weighted by Gasteiger charge is -2.31. The molecule has 0 saturated heterocycles. The molecule has 3 nitrogen and oxygen atoms in total. The van der Waals surface area contributed by atoms with Crippen LogP contribution in [0, 0.1) is 5.41 Å². The number of aliphatic hydroxyl groups excluding tert-OH is 1. The topological polar surface area (TPSA) is 49.3 Å². The molecular weight excluding hydrogens is 250 g/mol. The number of benzene rings is 1. The van der Waals surface area contributed by atoms with Crippen LogP contribution in [-0.4, -0.2) is 23.7 Å². The SMILES string of the molecule is CC(C)(C)C(CCO)NC(=O)c1ccccc1Cl. The molecule has 0 aliphatic rings. The second kappa shape index (κ2) is 6.21. The van der Waals surface area contributed by atoms with Gasteiger partial charge in [0.25, 0.3) is 5.91 Å². The van der Waals surface area contributed by atoms with Crippen molar-refractivity contribution in [1.29, 1.82) is 0 Å². The van der Waals surface area contributed by atoms with Crippen molar-refractivity contribution in [2.24, 2.45) is 5.41 Å². The van der Waals surface area contributed by atoms with Crippen LogP contribution < -0.4 is 5.32 Å². The molecule has 0 heterocycles. The van der Waals surface area contributed by atoms with Crippen molar-refractivity contribution < 1.29 is 9.90 Å². The van der Waals surface area contributed by atoms with Crippen LogP contribution in [0.1, 0.15) is 37.6 Å². The van der Waals surface area contributed by atoms with Gasteiger partial charge in [0.05, 0.1) is 10.6 Å². The summed E-state index contributed by atoms with van der Waals surface area (Å²) >= 11 is 5.98. The fourth-order valence-corrected chi connectivity index (χ4v) is 1.95. The predicted octanol–water partition coefficient (Wildman–Crippen LogP) is 2.87. The normalized spacial score (nSPS) is 13.2. The number of hydrogen-bond donors (Lipinski definition) is 2. The summed E-state index contributed by atoms with van der Waals surface area (Å²) in [7, 11) is 0. The van der Waals surface area contributed by atoms with E-state index in [1.807, 2.05) is 20.8 Å². The molecule has 1 aromatic rings. The van der Waals surface area contributed by atoms with Gasteiger partial charge in [0, 0.05) is 12.6 Å². The van der Waals surface area contributed by atoms with Gasteiger partial charge in [0.1, 0.15) is 0 Å². The van der Waals surface area contributed by atoms with E-state index in [2.05, 4.69) is 5.32 Å². The zero-order valence-corrected chi connectivity index (χ0v) is 11.8. The summed E-state index contributed by atoms with van der Waals surface area (Å²) in [6.45, 7) is 6.13. The van der Waals surface area contributed by atoms with E-state index in [9.17, 15) is 4.79 Å². The Hall–Kier alpha value is -1.06. The van der Waals surface area contributed by atoms with Gasteiger partial charge >= 0.3 is 0 Å². The first-order valence-corrected chi connectivity index (χ1v) is 6.40. The average Bonchev–Trinajstić information content (AvgIpc) is 2.27. The maximum atomic E-state index is 12.1. The van der Waals surface area contributed by atoms with E-state index in [0.29, 0.717) is 17.0 Å². The van der Waals surface area contributed by atoms with E-state index in [0.717, 1.165) is 0 Å². The van der Waals surface area contributed by atoms with Crippen LogP contribution in [0.15, 0.2) is 24.3 Å². The van der Waals surface area contributed by atoms with Crippen molar-refractivity contribution >= 4 is 17.5 Å². The van der Waals surface area contributed by atoms with Gasteiger partial charge < -0.3 is 10.4 Å². The fraction of sp³-hybridized carbons (Fsp3) is 0.500. The maximum Gasteiger partial charge on any atom is 0.253 e. The van der Waals surface area contributed by atoms with Crippen LogP contribution >= 0.6 is 11.6 Å². The first-order chi connectivity index (χ1) is 8.36. The highest BCUT2D eigenvalue weighted by molar-refractivity contribution is 6.33. The quantitative estimate of drug-likeness (QED) is 0.883. The van der Waals surface area contributed by atoms with Crippen LogP contribution in [-0.2, 0) is 0 Å². The summed E-state index contributed by atoms with van der Waals surface area (Å²) in [6.07, 6.45) is 0.527. The molecule has 0 aliphatic carbocycles. The Morgan fingerprint density at radius 3 is 2.50 bits per heavy atom. The van der Waals surface area contributed by atoms with Gasteiger partial charge in [-0.1, -0.05) is 44.5 Å². The second-order valence-electron chi connectivity index (χ2n) is 5.38. The molecule has 0 aliphatic heterocycles. The van der Waals surface area contributed by atoms with E-state index in [4.69, 9.17) is 16.7 Å². The van der Waals surface area contributed by atoms with Gasteiger partial charge in [0.2, 0.25) is 0 Å². The monoisotopic (exact) mass is 269 g/mol. The minimum absolute atomic E-state index is 0.0464. The molecule has 0 saturated carbocycles. The number of carbonyl (C=O) groups excluding carboxylic acids is 1. The summed E-state index contributed by atoms with van der Waals surface area (Å²) in [5.41, 5.74) is 0.353. The Kier molecular flexibility index (Phi) is 5.17. The van der Waals surface area contributed by atoms with Crippen LogP contribution in [0.3, 0.4) is 0 Å². The largest absolute Gasteiger partial charge is 0.396 e. The van der Waals surface area contributed by atoms with E-state index < -0.39 is 0 Å². The van der Waals surface area contributed by atoms with Gasteiger partial charge in [-0.3, -0.25) is 4.79 Å². The molecule has 2 N–H and O–H groups in total. The second-order valence-corrected chi connectivity index (χ2v) is 5.79. The third-order valence-corrected chi connectivity index (χ3v) is 3.22. The molecule has 0 bridgehead atoms. The van der Waals surface area contributed by atoms with Crippen molar-refractivity contribution in [3.8, 4) is 0 Å². The van der Waals surface area contributed by atoms with Crippen LogP contribution in [0.4, 0.5) is 0 Å². The first kappa shape index (κ1) is 15.0. The molecule has 100 valence electrons. The minimum atomic E-state index is -0.200. The number of rotatable bonds is 4. The maximum absolute atomic E-state index is 12.1. The molecule has 1 aromatic carbocycles. The Balaban J connectivity index is 2.82. The standard InChI is InChI=1S/C14H20ClNO2/c1-14(2,3)12(8-9-17)16-13(18)10-6-4-5-7-11(10)15/h4-7,12,17H,8-9H2,1-3H3,(H,16,18). The van der Waals surface area contributed by atoms with Crippen molar-refractivity contribution in [1.82, 2.24) is 5.32 Å². The van der Waals surface area contributed by atoms with E-state index >= 15 is 0 Å². The molecule has 0 fully saturated rings. The molecule has 18 heavy (non-hydrogen) atoms. The van der Waals surface area contributed by atoms with E-state index in [1.54, 1.807) is 24.3 Å². The lowest BCUT2D eigenvalue weighted by atomic mass is 9.85. The fourth-order valence-electron chi connectivity index (χ4n) is 1.73. The average molecular weight is 270 g/mol. The number of carbonyl (C=O) groups is 1. The number of aliphatic hydroxyl groups is 1. The van der Waals surface area contributed by atoms with Crippen molar-refractivity contribution in [3.05, 3.63) is 34.9 Å². The predicted molar refractivity (Wildman–Crippen MR) is 73.9 cm³/mol. The number of hydrogen-bond acceptors (Lipinski definition) is 2. The lowest BCUT2D eigenvalue weighted by molar-refractivity contribution is 0.0885. The van der Waals surface area contributed by atoms with Gasteiger partial charge in [0.15, 0.2) is 0 Å². The summed E-state index contributed by atoms with van der Waals surface area (Å²) in [5, 5.41) is 12.4. The third-order valence-electron chi connectivity index (χ3n) is 2.89. The highest BCUT2D eigenvalue weighted by Crippen LogP contribution is 2.23. The van der Waals surface area contributed by atoms with Gasteiger partial charge in [-0.2, -0.15) is 0 Å². The summed E-state index contributed by atoms with van der Waals surface area (Å²) in [6, 6.07) is 6.85. The van der Waals surface area contributed by atoms with Gasteiger partial charge in [-0.05, 0) is 24.0 Å². The Morgan fingerprint density at radius 2 is 2.00 bits per heavy atom. The molecule has 4 heteroatoms. The molecular formula is C14H20ClNO2. The van der Waals surface area contributed by atoms with Crippen molar-refractivity contribution in [2.45, 2.75) is 33.2 Å². The zero-order valence-electron chi connectivity index (χ0n) is 11.0. The smallest absolute Gasteiger partial charge is 0.253 e. The number of nitrogens with one attached hydrogen (secondary N) is 1. The molecule has 0 radical (unpaired) electrons. The Bertz CT molecular complexity index is 413. The lowest BCUT2D eigenvalue weighted by Crippen LogP contribution is -2.44. The first-order valence-electron chi connectivity index (χ1n) is 6.02. The molecule has 1 unspecified atom stereocenters. The Morgan fingerprint density at radius 1 is 1.39 bits per heavy atom. The number of amides is 1. The van der Waals surface area contributed by atoms with Crippen LogP contribution in [0.2, 0.25) is 5.02 Å². The van der Waals surface area contributed by atoms with Gasteiger partial charge in [-0.25, -0.2) is 0 Å². The minimum Gasteiger partial charge on any atom is -0.396 e. The summed E-state index contributed by atoms with van der Waals surface area (Å²) in [4.78, 5) is 12.1. The summed E-state index contributed by atoms with van der Waals surface area (Å²) in [5.74, 6) is -0.200. The molecule has 0 spiro atoms. The Labute approximate surface area is 113 Å². The molecule has 0 aromatic heterocycles. The third kappa shape index (κ3) is 4.00.